The number of nitrogens with one attached hydrogen (secondary N) is 1. The summed E-state index contributed by atoms with van der Waals surface area (Å²) in [5.41, 5.74) is 0.332. The Balaban J connectivity index is 1.97. The average molecular weight is 340 g/mol. The maximum atomic E-state index is 12.4. The number of sulfonamides is 1. The van der Waals surface area contributed by atoms with Crippen molar-refractivity contribution in [2.24, 2.45) is 0 Å². The number of aryl methyl sites for hydroxylation is 2. The van der Waals surface area contributed by atoms with E-state index in [9.17, 15) is 8.42 Å². The molecule has 0 bridgehead atoms. The van der Waals surface area contributed by atoms with Gasteiger partial charge in [-0.2, -0.15) is 0 Å². The van der Waals surface area contributed by atoms with Crippen molar-refractivity contribution in [1.29, 1.82) is 0 Å². The number of hydrogen-bond donors (Lipinski definition) is 1. The van der Waals surface area contributed by atoms with E-state index in [-0.39, 0.29) is 17.3 Å². The largest absolute Gasteiger partial charge is 0.497 e. The van der Waals surface area contributed by atoms with Gasteiger partial charge in [-0.3, -0.25) is 0 Å². The molecule has 0 fully saturated rings. The molecule has 0 radical (unpaired) electrons. The summed E-state index contributed by atoms with van der Waals surface area (Å²) in [4.78, 5) is 0.0776. The van der Waals surface area contributed by atoms with Crippen LogP contribution in [0.15, 0.2) is 33.7 Å². The maximum Gasteiger partial charge on any atom is 0.246 e. The summed E-state index contributed by atoms with van der Waals surface area (Å²) in [6.07, 6.45) is 0. The summed E-state index contributed by atoms with van der Waals surface area (Å²) in [7, 11) is -2.11. The lowest BCUT2D eigenvalue weighted by Crippen LogP contribution is -2.37. The molecule has 1 aromatic carbocycles. The van der Waals surface area contributed by atoms with Crippen LogP contribution < -0.4 is 14.2 Å². The lowest BCUT2D eigenvalue weighted by molar-refractivity contribution is 0.287. The van der Waals surface area contributed by atoms with Crippen molar-refractivity contribution in [3.05, 3.63) is 35.7 Å². The minimum Gasteiger partial charge on any atom is -0.497 e. The van der Waals surface area contributed by atoms with Gasteiger partial charge in [0, 0.05) is 0 Å². The smallest absolute Gasteiger partial charge is 0.246 e. The zero-order valence-corrected chi connectivity index (χ0v) is 14.3. The fraction of sp³-hybridized carbons (Fsp3) is 0.400. The Morgan fingerprint density at radius 1 is 1.22 bits per heavy atom. The number of rotatable bonds is 7. The highest BCUT2D eigenvalue weighted by molar-refractivity contribution is 7.89. The summed E-state index contributed by atoms with van der Waals surface area (Å²) in [6.45, 7) is 5.06. The predicted octanol–water partition coefficient (Wildman–Crippen LogP) is 2.05. The van der Waals surface area contributed by atoms with Crippen LogP contribution in [-0.4, -0.2) is 33.3 Å². The first-order valence-corrected chi connectivity index (χ1v) is 8.54. The second kappa shape index (κ2) is 7.01. The van der Waals surface area contributed by atoms with Gasteiger partial charge in [-0.25, -0.2) is 13.1 Å². The van der Waals surface area contributed by atoms with Gasteiger partial charge in [-0.15, -0.1) is 0 Å². The molecular weight excluding hydrogens is 320 g/mol. The Morgan fingerprint density at radius 2 is 1.83 bits per heavy atom. The third-order valence-corrected chi connectivity index (χ3v) is 4.99. The zero-order valence-electron chi connectivity index (χ0n) is 13.5. The summed E-state index contributed by atoms with van der Waals surface area (Å²) >= 11 is 0. The molecule has 0 aliphatic rings. The minimum atomic E-state index is -3.70. The molecule has 0 aliphatic carbocycles. The zero-order chi connectivity index (χ0) is 17.0. The molecule has 1 unspecified atom stereocenters. The van der Waals surface area contributed by atoms with Gasteiger partial charge >= 0.3 is 0 Å². The third kappa shape index (κ3) is 4.23. The van der Waals surface area contributed by atoms with Gasteiger partial charge in [0.1, 0.15) is 28.7 Å². The molecule has 0 saturated heterocycles. The first-order chi connectivity index (χ1) is 10.8. The second-order valence-electron chi connectivity index (χ2n) is 5.16. The summed E-state index contributed by atoms with van der Waals surface area (Å²) in [5.74, 6) is 1.62. The maximum absolute atomic E-state index is 12.4. The molecule has 0 aliphatic heterocycles. The molecule has 0 amide bonds. The molecule has 0 saturated carbocycles. The highest BCUT2D eigenvalue weighted by Crippen LogP contribution is 2.20. The highest BCUT2D eigenvalue weighted by Gasteiger charge is 2.25. The monoisotopic (exact) mass is 340 g/mol. The highest BCUT2D eigenvalue weighted by atomic mass is 32.2. The van der Waals surface area contributed by atoms with Crippen LogP contribution in [0.3, 0.4) is 0 Å². The molecule has 1 N–H and O–H groups in total. The van der Waals surface area contributed by atoms with Crippen LogP contribution in [0.2, 0.25) is 0 Å². The first-order valence-electron chi connectivity index (χ1n) is 7.05. The molecule has 1 heterocycles. The third-order valence-electron chi connectivity index (χ3n) is 3.15. The molecule has 8 heteroatoms. The van der Waals surface area contributed by atoms with E-state index in [1.54, 1.807) is 52.1 Å². The van der Waals surface area contributed by atoms with E-state index >= 15 is 0 Å². The van der Waals surface area contributed by atoms with Gasteiger partial charge in [0.15, 0.2) is 5.76 Å². The van der Waals surface area contributed by atoms with Crippen molar-refractivity contribution >= 4 is 10.0 Å². The molecule has 23 heavy (non-hydrogen) atoms. The molecule has 2 rings (SSSR count). The fourth-order valence-corrected chi connectivity index (χ4v) is 3.67. The number of nitrogens with zero attached hydrogens (tertiary/aromatic N) is 1. The topological polar surface area (TPSA) is 90.7 Å². The lowest BCUT2D eigenvalue weighted by atomic mass is 10.3. The fourth-order valence-electron chi connectivity index (χ4n) is 2.11. The Kier molecular flexibility index (Phi) is 5.27. The van der Waals surface area contributed by atoms with Crippen LogP contribution >= 0.6 is 0 Å². The predicted molar refractivity (Wildman–Crippen MR) is 84.2 cm³/mol. The number of ether oxygens (including phenoxy) is 2. The molecular formula is C15H20N2O5S. The Labute approximate surface area is 135 Å². The van der Waals surface area contributed by atoms with E-state index in [0.717, 1.165) is 5.75 Å². The first kappa shape index (κ1) is 17.3. The second-order valence-corrected chi connectivity index (χ2v) is 6.81. The summed E-state index contributed by atoms with van der Waals surface area (Å²) in [6, 6.07) is 6.64. The van der Waals surface area contributed by atoms with Gasteiger partial charge in [0.2, 0.25) is 10.0 Å². The van der Waals surface area contributed by atoms with Crippen LogP contribution in [-0.2, 0) is 10.0 Å². The van der Waals surface area contributed by atoms with Crippen molar-refractivity contribution in [1.82, 2.24) is 9.88 Å². The van der Waals surface area contributed by atoms with Crippen molar-refractivity contribution < 1.29 is 22.4 Å². The van der Waals surface area contributed by atoms with E-state index in [4.69, 9.17) is 14.0 Å². The van der Waals surface area contributed by atoms with E-state index in [2.05, 4.69) is 9.88 Å². The number of hydrogen-bond acceptors (Lipinski definition) is 6. The van der Waals surface area contributed by atoms with Gasteiger partial charge in [0.25, 0.3) is 0 Å². The molecule has 7 nitrogen and oxygen atoms in total. The van der Waals surface area contributed by atoms with Crippen LogP contribution in [0.5, 0.6) is 11.5 Å². The molecule has 1 atom stereocenters. The van der Waals surface area contributed by atoms with Gasteiger partial charge < -0.3 is 14.0 Å². The van der Waals surface area contributed by atoms with E-state index in [0.29, 0.717) is 11.4 Å². The normalized spacial score (nSPS) is 12.9. The van der Waals surface area contributed by atoms with Gasteiger partial charge in [-0.05, 0) is 45.0 Å². The molecule has 0 spiro atoms. The summed E-state index contributed by atoms with van der Waals surface area (Å²) in [5, 5.41) is 3.66. The van der Waals surface area contributed by atoms with E-state index < -0.39 is 16.1 Å². The number of aromatic nitrogens is 1. The molecule has 2 aromatic rings. The quantitative estimate of drug-likeness (QED) is 0.829. The summed E-state index contributed by atoms with van der Waals surface area (Å²) < 4.78 is 42.8. The SMILES string of the molecule is COc1ccc(OCC(C)NS(=O)(=O)c2c(C)noc2C)cc1. The number of benzene rings is 1. The van der Waals surface area contributed by atoms with Crippen molar-refractivity contribution in [2.75, 3.05) is 13.7 Å². The van der Waals surface area contributed by atoms with E-state index in [1.807, 2.05) is 0 Å². The van der Waals surface area contributed by atoms with Crippen molar-refractivity contribution in [2.45, 2.75) is 31.7 Å². The Bertz CT molecular complexity index is 733. The number of methoxy groups -OCH3 is 1. The van der Waals surface area contributed by atoms with Crippen LogP contribution in [0, 0.1) is 13.8 Å². The van der Waals surface area contributed by atoms with Gasteiger partial charge in [0.05, 0.1) is 13.2 Å². The van der Waals surface area contributed by atoms with E-state index in [1.165, 1.54) is 0 Å². The Hall–Kier alpha value is -2.06. The lowest BCUT2D eigenvalue weighted by Gasteiger charge is -2.15. The van der Waals surface area contributed by atoms with Crippen LogP contribution in [0.1, 0.15) is 18.4 Å². The van der Waals surface area contributed by atoms with Crippen molar-refractivity contribution in [3.8, 4) is 11.5 Å². The Morgan fingerprint density at radius 3 is 2.35 bits per heavy atom. The minimum absolute atomic E-state index is 0.0776. The molecule has 1 aromatic heterocycles. The standard InChI is InChI=1S/C15H20N2O5S/c1-10(9-21-14-7-5-13(20-4)6-8-14)17-23(18,19)15-11(2)16-22-12(15)3/h5-8,10,17H,9H2,1-4H3. The van der Waals surface area contributed by atoms with Gasteiger partial charge in [-0.1, -0.05) is 5.16 Å². The van der Waals surface area contributed by atoms with Crippen LogP contribution in [0.4, 0.5) is 0 Å². The molecule has 126 valence electrons. The van der Waals surface area contributed by atoms with Crippen LogP contribution in [0.25, 0.3) is 0 Å². The average Bonchev–Trinajstić information content (AvgIpc) is 2.85. The van der Waals surface area contributed by atoms with Crippen molar-refractivity contribution in [3.63, 3.8) is 0 Å².